The SMILES string of the molecule is N#Cc1cnn(-c2ccccc2)c1NC(=O)COC(=O)c1csc(-c2ccccc2)n1. The Morgan fingerprint density at radius 3 is 2.52 bits per heavy atom. The van der Waals surface area contributed by atoms with E-state index in [2.05, 4.69) is 15.4 Å². The molecule has 1 amide bonds. The van der Waals surface area contributed by atoms with Gasteiger partial charge in [0.05, 0.1) is 11.9 Å². The highest BCUT2D eigenvalue weighted by molar-refractivity contribution is 7.13. The minimum absolute atomic E-state index is 0.128. The average Bonchev–Trinajstić information content (AvgIpc) is 3.46. The molecule has 2 aromatic heterocycles. The van der Waals surface area contributed by atoms with Crippen LogP contribution in [-0.4, -0.2) is 33.2 Å². The number of nitrogens with one attached hydrogen (secondary N) is 1. The van der Waals surface area contributed by atoms with Crippen LogP contribution in [0.15, 0.2) is 72.2 Å². The summed E-state index contributed by atoms with van der Waals surface area (Å²) in [6, 6.07) is 20.5. The van der Waals surface area contributed by atoms with Gasteiger partial charge in [-0.05, 0) is 12.1 Å². The topological polar surface area (TPSA) is 110 Å². The van der Waals surface area contributed by atoms with E-state index in [1.54, 1.807) is 17.5 Å². The van der Waals surface area contributed by atoms with Gasteiger partial charge in [0.1, 0.15) is 16.6 Å². The predicted molar refractivity (Wildman–Crippen MR) is 115 cm³/mol. The van der Waals surface area contributed by atoms with E-state index < -0.39 is 18.5 Å². The zero-order chi connectivity index (χ0) is 21.6. The van der Waals surface area contributed by atoms with Crippen LogP contribution in [0.2, 0.25) is 0 Å². The van der Waals surface area contributed by atoms with Gasteiger partial charge in [0, 0.05) is 10.9 Å². The van der Waals surface area contributed by atoms with Crippen molar-refractivity contribution >= 4 is 29.0 Å². The number of aromatic nitrogens is 3. The fourth-order valence-electron chi connectivity index (χ4n) is 2.77. The van der Waals surface area contributed by atoms with Crippen LogP contribution in [0.5, 0.6) is 0 Å². The number of para-hydroxylation sites is 1. The number of nitrogens with zero attached hydrogens (tertiary/aromatic N) is 4. The van der Waals surface area contributed by atoms with E-state index in [0.717, 1.165) is 5.56 Å². The summed E-state index contributed by atoms with van der Waals surface area (Å²) in [5.41, 5.74) is 1.88. The Balaban J connectivity index is 1.41. The summed E-state index contributed by atoms with van der Waals surface area (Å²) >= 11 is 1.31. The molecule has 0 atom stereocenters. The molecule has 2 aromatic carbocycles. The van der Waals surface area contributed by atoms with Crippen molar-refractivity contribution in [3.63, 3.8) is 0 Å². The third kappa shape index (κ3) is 4.49. The molecule has 0 saturated carbocycles. The van der Waals surface area contributed by atoms with Crippen molar-refractivity contribution in [1.82, 2.24) is 14.8 Å². The fourth-order valence-corrected chi connectivity index (χ4v) is 3.56. The minimum Gasteiger partial charge on any atom is -0.451 e. The Hall–Kier alpha value is -4.29. The van der Waals surface area contributed by atoms with Crippen molar-refractivity contribution in [2.45, 2.75) is 0 Å². The molecule has 8 nitrogen and oxygen atoms in total. The van der Waals surface area contributed by atoms with Crippen LogP contribution in [-0.2, 0) is 9.53 Å². The summed E-state index contributed by atoms with van der Waals surface area (Å²) in [5, 5.41) is 18.3. The molecule has 0 aliphatic carbocycles. The molecule has 0 fully saturated rings. The quantitative estimate of drug-likeness (QED) is 0.469. The van der Waals surface area contributed by atoms with Gasteiger partial charge in [-0.25, -0.2) is 14.5 Å². The molecule has 1 N–H and O–H groups in total. The number of hydrogen-bond donors (Lipinski definition) is 1. The van der Waals surface area contributed by atoms with Gasteiger partial charge in [-0.3, -0.25) is 4.79 Å². The Morgan fingerprint density at radius 2 is 1.81 bits per heavy atom. The Kier molecular flexibility index (Phi) is 5.82. The molecule has 0 bridgehead atoms. The second-order valence-electron chi connectivity index (χ2n) is 6.29. The number of carbonyl (C=O) groups is 2. The van der Waals surface area contributed by atoms with E-state index in [0.29, 0.717) is 10.7 Å². The van der Waals surface area contributed by atoms with Crippen LogP contribution in [0.3, 0.4) is 0 Å². The van der Waals surface area contributed by atoms with Crippen LogP contribution < -0.4 is 5.32 Å². The molecule has 0 radical (unpaired) electrons. The first-order chi connectivity index (χ1) is 15.2. The molecule has 9 heteroatoms. The zero-order valence-electron chi connectivity index (χ0n) is 16.1. The Bertz CT molecular complexity index is 1260. The number of hydrogen-bond acceptors (Lipinski definition) is 7. The first-order valence-electron chi connectivity index (χ1n) is 9.17. The van der Waals surface area contributed by atoms with Gasteiger partial charge >= 0.3 is 5.97 Å². The smallest absolute Gasteiger partial charge is 0.358 e. The van der Waals surface area contributed by atoms with Gasteiger partial charge in [-0.2, -0.15) is 10.4 Å². The molecule has 0 aliphatic heterocycles. The number of nitriles is 1. The maximum absolute atomic E-state index is 12.4. The average molecular weight is 429 g/mol. The van der Waals surface area contributed by atoms with Crippen molar-refractivity contribution in [1.29, 1.82) is 5.26 Å². The molecule has 31 heavy (non-hydrogen) atoms. The molecule has 0 unspecified atom stereocenters. The second-order valence-corrected chi connectivity index (χ2v) is 7.15. The number of benzene rings is 2. The van der Waals surface area contributed by atoms with Gasteiger partial charge < -0.3 is 10.1 Å². The lowest BCUT2D eigenvalue weighted by Gasteiger charge is -2.09. The van der Waals surface area contributed by atoms with Crippen LogP contribution in [0.25, 0.3) is 16.3 Å². The first-order valence-corrected chi connectivity index (χ1v) is 10.0. The minimum atomic E-state index is -0.703. The Labute approximate surface area is 181 Å². The van der Waals surface area contributed by atoms with E-state index in [1.807, 2.05) is 54.6 Å². The second kappa shape index (κ2) is 9.02. The predicted octanol–water partition coefficient (Wildman–Crippen LogP) is 3.66. The maximum Gasteiger partial charge on any atom is 0.358 e. The van der Waals surface area contributed by atoms with E-state index in [1.165, 1.54) is 22.2 Å². The third-order valence-electron chi connectivity index (χ3n) is 4.22. The number of thiazole rings is 1. The normalized spacial score (nSPS) is 10.3. The molecule has 4 aromatic rings. The lowest BCUT2D eigenvalue weighted by molar-refractivity contribution is -0.119. The monoisotopic (exact) mass is 429 g/mol. The van der Waals surface area contributed by atoms with Crippen molar-refractivity contribution in [2.24, 2.45) is 0 Å². The van der Waals surface area contributed by atoms with Crippen LogP contribution >= 0.6 is 11.3 Å². The van der Waals surface area contributed by atoms with Crippen LogP contribution in [0, 0.1) is 11.3 Å². The van der Waals surface area contributed by atoms with E-state index in [9.17, 15) is 14.9 Å². The number of carbonyl (C=O) groups excluding carboxylic acids is 2. The summed E-state index contributed by atoms with van der Waals surface area (Å²) in [5.74, 6) is -1.10. The van der Waals surface area contributed by atoms with E-state index in [-0.39, 0.29) is 17.1 Å². The molecule has 0 spiro atoms. The van der Waals surface area contributed by atoms with Crippen LogP contribution in [0.4, 0.5) is 5.82 Å². The zero-order valence-corrected chi connectivity index (χ0v) is 16.9. The maximum atomic E-state index is 12.4. The highest BCUT2D eigenvalue weighted by Crippen LogP contribution is 2.23. The summed E-state index contributed by atoms with van der Waals surface area (Å²) in [4.78, 5) is 28.9. The summed E-state index contributed by atoms with van der Waals surface area (Å²) in [6.45, 7) is -0.526. The molecular formula is C22H15N5O3S. The summed E-state index contributed by atoms with van der Waals surface area (Å²) in [7, 11) is 0. The number of ether oxygens (including phenoxy) is 1. The van der Waals surface area contributed by atoms with Gasteiger partial charge in [-0.15, -0.1) is 11.3 Å². The van der Waals surface area contributed by atoms with Crippen molar-refractivity contribution in [3.05, 3.63) is 83.5 Å². The van der Waals surface area contributed by atoms with Gasteiger partial charge in [0.15, 0.2) is 18.1 Å². The molecule has 0 aliphatic rings. The highest BCUT2D eigenvalue weighted by Gasteiger charge is 2.18. The van der Waals surface area contributed by atoms with Crippen molar-refractivity contribution in [3.8, 4) is 22.3 Å². The largest absolute Gasteiger partial charge is 0.451 e. The van der Waals surface area contributed by atoms with E-state index >= 15 is 0 Å². The van der Waals surface area contributed by atoms with Crippen LogP contribution in [0.1, 0.15) is 16.1 Å². The number of anilines is 1. The summed E-state index contributed by atoms with van der Waals surface area (Å²) in [6.07, 6.45) is 1.36. The van der Waals surface area contributed by atoms with Crippen molar-refractivity contribution in [2.75, 3.05) is 11.9 Å². The first kappa shape index (κ1) is 20.0. The summed E-state index contributed by atoms with van der Waals surface area (Å²) < 4.78 is 6.52. The number of rotatable bonds is 6. The van der Waals surface area contributed by atoms with Gasteiger partial charge in [0.25, 0.3) is 5.91 Å². The van der Waals surface area contributed by atoms with Crippen molar-refractivity contribution < 1.29 is 14.3 Å². The lowest BCUT2D eigenvalue weighted by Crippen LogP contribution is -2.23. The van der Waals surface area contributed by atoms with Gasteiger partial charge in [-0.1, -0.05) is 48.5 Å². The fraction of sp³-hybridized carbons (Fsp3) is 0.0455. The lowest BCUT2D eigenvalue weighted by atomic mass is 10.2. The standard InChI is InChI=1S/C22H15N5O3S/c23-11-16-12-24-27(17-9-5-2-6-10-17)20(16)26-19(28)13-30-22(29)18-14-31-21(25-18)15-7-3-1-4-8-15/h1-10,12,14H,13H2,(H,26,28). The Morgan fingerprint density at radius 1 is 1.10 bits per heavy atom. The molecule has 0 saturated heterocycles. The number of amides is 1. The third-order valence-corrected chi connectivity index (χ3v) is 5.11. The molecule has 152 valence electrons. The molecular weight excluding hydrogens is 414 g/mol. The van der Waals surface area contributed by atoms with E-state index in [4.69, 9.17) is 4.74 Å². The number of esters is 1. The molecule has 2 heterocycles. The highest BCUT2D eigenvalue weighted by atomic mass is 32.1. The van der Waals surface area contributed by atoms with Gasteiger partial charge in [0.2, 0.25) is 0 Å². The molecule has 4 rings (SSSR count).